The number of rotatable bonds is 3. The number of carbonyl (C=O) groups excluding carboxylic acids is 4. The molecule has 2 heterocycles. The second-order valence-electron chi connectivity index (χ2n) is 8.10. The Morgan fingerprint density at radius 1 is 0.943 bits per heavy atom. The maximum atomic E-state index is 12.0. The van der Waals surface area contributed by atoms with Gasteiger partial charge in [0.2, 0.25) is 11.8 Å². The third-order valence-electron chi connectivity index (χ3n) is 6.05. The quantitative estimate of drug-likeness (QED) is 0.167. The average molecular weight is 474 g/mol. The lowest BCUT2D eigenvalue weighted by Gasteiger charge is -2.19. The number of benzene rings is 2. The van der Waals surface area contributed by atoms with Gasteiger partial charge in [-0.1, -0.05) is 12.1 Å². The summed E-state index contributed by atoms with van der Waals surface area (Å²) in [7, 11) is 0. The predicted octanol–water partition coefficient (Wildman–Crippen LogP) is 1.09. The Balaban J connectivity index is 0.000000196. The van der Waals surface area contributed by atoms with E-state index in [-0.39, 0.29) is 6.61 Å². The van der Waals surface area contributed by atoms with Gasteiger partial charge in [-0.3, -0.25) is 24.6 Å². The number of esters is 1. The molecule has 2 aromatic carbocycles. The van der Waals surface area contributed by atoms with Crippen molar-refractivity contribution in [2.24, 2.45) is 5.84 Å². The van der Waals surface area contributed by atoms with E-state index < -0.39 is 34.5 Å². The van der Waals surface area contributed by atoms with Gasteiger partial charge in [0, 0.05) is 22.5 Å². The van der Waals surface area contributed by atoms with Crippen LogP contribution in [0.1, 0.15) is 43.0 Å². The number of hydrazine groups is 1. The first kappa shape index (κ1) is 24.9. The van der Waals surface area contributed by atoms with Crippen LogP contribution in [0.5, 0.6) is 0 Å². The van der Waals surface area contributed by atoms with Crippen molar-refractivity contribution in [1.82, 2.24) is 5.43 Å². The van der Waals surface area contributed by atoms with Crippen molar-refractivity contribution >= 4 is 35.1 Å². The molecule has 0 bridgehead atoms. The van der Waals surface area contributed by atoms with Gasteiger partial charge in [-0.25, -0.2) is 5.84 Å². The Morgan fingerprint density at radius 3 is 1.83 bits per heavy atom. The first-order chi connectivity index (χ1) is 16.6. The van der Waals surface area contributed by atoms with E-state index in [2.05, 4.69) is 10.6 Å². The number of carbonyl (C=O) groups is 4. The lowest BCUT2D eigenvalue weighted by atomic mass is 9.83. The van der Waals surface area contributed by atoms with Gasteiger partial charge < -0.3 is 15.4 Å². The topological polar surface area (TPSA) is 187 Å². The van der Waals surface area contributed by atoms with Crippen LogP contribution in [-0.4, -0.2) is 30.3 Å². The molecule has 0 aliphatic carbocycles. The first-order valence-corrected chi connectivity index (χ1v) is 10.5. The summed E-state index contributed by atoms with van der Waals surface area (Å²) in [5.74, 6) is 3.04. The van der Waals surface area contributed by atoms with E-state index in [0.717, 1.165) is 0 Å². The average Bonchev–Trinajstić information content (AvgIpc) is 3.28. The number of ether oxygens (including phenoxy) is 1. The van der Waals surface area contributed by atoms with Crippen molar-refractivity contribution in [3.63, 3.8) is 0 Å². The number of fused-ring (bicyclic) bond motifs is 2. The number of anilines is 2. The number of hydrogen-bond acceptors (Lipinski definition) is 8. The highest BCUT2D eigenvalue weighted by Crippen LogP contribution is 2.39. The van der Waals surface area contributed by atoms with E-state index in [1.54, 1.807) is 37.3 Å². The number of hydrogen-bond donors (Lipinski definition) is 4. The highest BCUT2D eigenvalue weighted by atomic mass is 16.5. The third kappa shape index (κ3) is 3.94. The number of nitrogens with zero attached hydrogens (tertiary/aromatic N) is 2. The number of nitrogens with one attached hydrogen (secondary N) is 3. The normalized spacial score (nSPS) is 21.1. The first-order valence-electron chi connectivity index (χ1n) is 10.5. The van der Waals surface area contributed by atoms with Crippen LogP contribution in [-0.2, 0) is 34.7 Å². The zero-order valence-corrected chi connectivity index (χ0v) is 19.2. The number of nitrogens with two attached hydrogens (primary N) is 1. The van der Waals surface area contributed by atoms with Crippen molar-refractivity contribution < 1.29 is 23.9 Å². The number of amides is 3. The third-order valence-corrected chi connectivity index (χ3v) is 6.05. The molecule has 0 saturated carbocycles. The monoisotopic (exact) mass is 474 g/mol. The molecule has 178 valence electrons. The second-order valence-corrected chi connectivity index (χ2v) is 8.10. The highest BCUT2D eigenvalue weighted by molar-refractivity contribution is 6.20. The standard InChI is InChI=1S/C13H12N2O3.C11H10N4O2/c1-3-18-12(17)13(2)9-5-4-8(7-14)6-10(9)15-11(13)16;1-11(10(17)15-13)7-3-2-6(5-12)4-8(7)14-9(11)16/h4-6H,3H2,1-2H3,(H,15,16);2-4H,13H2,1H3,(H,14,16)(H,15,17). The molecule has 0 fully saturated rings. The van der Waals surface area contributed by atoms with Crippen molar-refractivity contribution in [2.75, 3.05) is 17.2 Å². The van der Waals surface area contributed by atoms with Gasteiger partial charge in [0.15, 0.2) is 10.8 Å². The molecule has 5 N–H and O–H groups in total. The molecule has 11 nitrogen and oxygen atoms in total. The molecule has 0 saturated heterocycles. The van der Waals surface area contributed by atoms with E-state index in [1.165, 1.54) is 19.9 Å². The van der Waals surface area contributed by atoms with Gasteiger partial charge in [-0.15, -0.1) is 0 Å². The summed E-state index contributed by atoms with van der Waals surface area (Å²) in [5.41, 5.74) is 2.18. The minimum atomic E-state index is -1.35. The Morgan fingerprint density at radius 2 is 1.40 bits per heavy atom. The minimum Gasteiger partial charge on any atom is -0.465 e. The smallest absolute Gasteiger partial charge is 0.326 e. The van der Waals surface area contributed by atoms with Crippen LogP contribution in [0.3, 0.4) is 0 Å². The lowest BCUT2D eigenvalue weighted by molar-refractivity contribution is -0.152. The summed E-state index contributed by atoms with van der Waals surface area (Å²) in [4.78, 5) is 47.5. The van der Waals surface area contributed by atoms with E-state index in [4.69, 9.17) is 21.1 Å². The molecule has 4 rings (SSSR count). The summed E-state index contributed by atoms with van der Waals surface area (Å²) < 4.78 is 4.95. The zero-order valence-electron chi connectivity index (χ0n) is 19.2. The van der Waals surface area contributed by atoms with Gasteiger partial charge in [0.05, 0.1) is 29.9 Å². The Kier molecular flexibility index (Phi) is 6.58. The molecular weight excluding hydrogens is 452 g/mol. The van der Waals surface area contributed by atoms with Crippen molar-refractivity contribution in [2.45, 2.75) is 31.6 Å². The number of nitriles is 2. The van der Waals surface area contributed by atoms with Crippen molar-refractivity contribution in [3.05, 3.63) is 58.7 Å². The van der Waals surface area contributed by atoms with E-state index in [9.17, 15) is 19.2 Å². The highest BCUT2D eigenvalue weighted by Gasteiger charge is 2.50. The molecule has 2 aromatic rings. The fraction of sp³-hybridized carbons (Fsp3) is 0.250. The van der Waals surface area contributed by atoms with Crippen LogP contribution in [0.25, 0.3) is 0 Å². The molecule has 0 spiro atoms. The Labute approximate surface area is 200 Å². The van der Waals surface area contributed by atoms with Gasteiger partial charge in [0.25, 0.3) is 5.91 Å². The molecule has 11 heteroatoms. The van der Waals surface area contributed by atoms with Gasteiger partial charge in [0.1, 0.15) is 0 Å². The maximum absolute atomic E-state index is 12.0. The fourth-order valence-electron chi connectivity index (χ4n) is 3.89. The molecular formula is C24H22N6O5. The Bertz CT molecular complexity index is 1340. The maximum Gasteiger partial charge on any atom is 0.326 e. The minimum absolute atomic E-state index is 0.216. The fourth-order valence-corrected chi connectivity index (χ4v) is 3.89. The predicted molar refractivity (Wildman–Crippen MR) is 123 cm³/mol. The van der Waals surface area contributed by atoms with Crippen LogP contribution in [0, 0.1) is 22.7 Å². The molecule has 35 heavy (non-hydrogen) atoms. The van der Waals surface area contributed by atoms with Gasteiger partial charge in [-0.2, -0.15) is 10.5 Å². The summed E-state index contributed by atoms with van der Waals surface area (Å²) in [6, 6.07) is 13.4. The summed E-state index contributed by atoms with van der Waals surface area (Å²) in [6.45, 7) is 4.92. The molecule has 2 aliphatic heterocycles. The van der Waals surface area contributed by atoms with Gasteiger partial charge in [-0.05, 0) is 45.0 Å². The van der Waals surface area contributed by atoms with Crippen LogP contribution in [0.4, 0.5) is 11.4 Å². The molecule has 0 aromatic heterocycles. The SMILES string of the molecule is CC1(C(=O)NN)C(=O)Nc2cc(C#N)ccc21.CCOC(=O)C1(C)C(=O)Nc2cc(C#N)ccc21. The lowest BCUT2D eigenvalue weighted by Crippen LogP contribution is -2.49. The molecule has 0 radical (unpaired) electrons. The van der Waals surface area contributed by atoms with Crippen LogP contribution < -0.4 is 21.9 Å². The summed E-state index contributed by atoms with van der Waals surface area (Å²) in [5, 5.41) is 22.7. The Hall–Kier alpha value is -4.74. The van der Waals surface area contributed by atoms with Crippen LogP contribution >= 0.6 is 0 Å². The van der Waals surface area contributed by atoms with E-state index in [0.29, 0.717) is 33.6 Å². The second kappa shape index (κ2) is 9.25. The van der Waals surface area contributed by atoms with Crippen LogP contribution in [0.15, 0.2) is 36.4 Å². The van der Waals surface area contributed by atoms with Crippen molar-refractivity contribution in [1.29, 1.82) is 10.5 Å². The van der Waals surface area contributed by atoms with Gasteiger partial charge >= 0.3 is 5.97 Å². The molecule has 2 aliphatic rings. The summed E-state index contributed by atoms with van der Waals surface area (Å²) >= 11 is 0. The van der Waals surface area contributed by atoms with Crippen LogP contribution in [0.2, 0.25) is 0 Å². The van der Waals surface area contributed by atoms with Crippen molar-refractivity contribution in [3.8, 4) is 12.1 Å². The molecule has 2 atom stereocenters. The van der Waals surface area contributed by atoms with E-state index >= 15 is 0 Å². The summed E-state index contributed by atoms with van der Waals surface area (Å²) in [6.07, 6.45) is 0. The largest absolute Gasteiger partial charge is 0.465 e. The zero-order chi connectivity index (χ0) is 26.0. The molecule has 3 amide bonds. The molecule has 2 unspecified atom stereocenters. The van der Waals surface area contributed by atoms with E-state index in [1.807, 2.05) is 17.6 Å².